The van der Waals surface area contributed by atoms with Gasteiger partial charge in [-0.15, -0.1) is 0 Å². The lowest BCUT2D eigenvalue weighted by Crippen LogP contribution is -2.61. The van der Waals surface area contributed by atoms with E-state index in [-0.39, 0.29) is 274 Å². The topological polar surface area (TPSA) is 896 Å². The Hall–Kier alpha value is -14.9. The van der Waals surface area contributed by atoms with Gasteiger partial charge in [-0.3, -0.25) is 110 Å². The van der Waals surface area contributed by atoms with Crippen LogP contribution in [-0.4, -0.2) is 358 Å². The van der Waals surface area contributed by atoms with E-state index >= 15 is 43.2 Å². The van der Waals surface area contributed by atoms with Crippen molar-refractivity contribution in [1.29, 1.82) is 37.9 Å². The lowest BCUT2D eigenvalue weighted by atomic mass is 9.96. The lowest BCUT2D eigenvalue weighted by molar-refractivity contribution is -0.148. The Morgan fingerprint density at radius 1 is 0.353 bits per heavy atom. The van der Waals surface area contributed by atoms with Crippen molar-refractivity contribution in [3.63, 3.8) is 0 Å². The normalized spacial score (nSPS) is 19.5. The Balaban J connectivity index is 0.955. The molecular formula is C95H160N38O17. The Bertz CT molecular complexity index is 5080. The third-order valence-electron chi connectivity index (χ3n) is 27.8. The minimum atomic E-state index is -1.42. The number of amides is 15. The number of nitrogens with one attached hydrogen (secondary N) is 24. The van der Waals surface area contributed by atoms with Crippen LogP contribution in [0.5, 0.6) is 0 Å². The molecule has 7 heterocycles. The summed E-state index contributed by atoms with van der Waals surface area (Å²) < 4.78 is 0. The van der Waals surface area contributed by atoms with Crippen LogP contribution in [0.25, 0.3) is 10.9 Å². The molecule has 150 heavy (non-hydrogen) atoms. The molecular weight excluding hydrogens is 1950 g/mol. The first-order valence-electron chi connectivity index (χ1n) is 52.0. The molecule has 0 unspecified atom stereocenters. The smallest absolute Gasteiger partial charge is 0.326 e. The van der Waals surface area contributed by atoms with Crippen LogP contribution in [0, 0.1) is 49.7 Å². The monoisotopic (exact) mass is 2110 g/mol. The van der Waals surface area contributed by atoms with Gasteiger partial charge in [0, 0.05) is 102 Å². The van der Waals surface area contributed by atoms with Gasteiger partial charge in [0.05, 0.1) is 6.04 Å². The number of carboxylic acids is 1. The van der Waals surface area contributed by atoms with Gasteiger partial charge in [0.15, 0.2) is 41.7 Å². The molecule has 6 saturated heterocycles. The van der Waals surface area contributed by atoms with E-state index in [0.717, 1.165) is 16.5 Å². The molecule has 6 aliphatic rings. The molecule has 17 atom stereocenters. The zero-order valence-electron chi connectivity index (χ0n) is 86.3. The van der Waals surface area contributed by atoms with E-state index in [1.54, 1.807) is 33.9 Å². The number of guanidine groups is 7. The van der Waals surface area contributed by atoms with Crippen LogP contribution >= 0.6 is 0 Å². The first-order chi connectivity index (χ1) is 71.4. The predicted octanol–water partition coefficient (Wildman–Crippen LogP) is -6.63. The van der Waals surface area contributed by atoms with Gasteiger partial charge in [-0.25, -0.2) is 4.79 Å². The van der Waals surface area contributed by atoms with Crippen molar-refractivity contribution in [2.45, 2.75) is 311 Å². The molecule has 6 fully saturated rings. The standard InChI is InChI=1S/C95H160N38O17/c1-5-53(4)72(127-75(136)59(24-9-37-112-90(99)100)119-73(134)56(96)50-54-51-118-57-22-7-6-21-55(54)57)81(142)124-63(28-13-41-116-94(107)108)84(145)129-44-16-31-67(129)78(139)123-62(27-12-40-115-93(105)106)85(146)133-48-20-35-71(133)87(148)132-47-19-34-70(132)76(137)120-58(23-8-36-111-89(97)98)74(135)126-65(49-52(2)3)86(147)131-46-18-32-68(131)79(140)122-60(25-10-38-113-91(101)102)82(143)128-43-15-30-66(128)77(138)121-61(26-11-39-114-92(103)104)83(144)130-45-17-33-69(130)80(141)125-64(88(149)150)29-14-42-117-95(109)110/h6-7,21-22,51-53,56,58-72,118H,5,8-20,23-50,96H2,1-4H3,(H,119,134)(H,120,137)(H,121,138)(H,122,140)(H,123,139)(H,124,142)(H,125,141)(H,126,135)(H,127,136)(H,149,150)(H4,97,98,111)(H4,99,100,112)(H4,101,102,113)(H4,103,104,114)(H4,105,106,115)(H4,107,108,116)(H4,109,110,117)/t53-,56-,58-,59-,60-,61-,62-,63-,64-,65-,66-,67-,68-,69-,70-,71-,72-/m0/s1. The molecule has 0 aliphatic carbocycles. The Morgan fingerprint density at radius 3 is 0.973 bits per heavy atom. The minimum absolute atomic E-state index is 0.00811. The highest BCUT2D eigenvalue weighted by Crippen LogP contribution is 2.31. The Kier molecular flexibility index (Phi) is 48.1. The van der Waals surface area contributed by atoms with Crippen molar-refractivity contribution >= 4 is 147 Å². The zero-order chi connectivity index (χ0) is 110. The second-order valence-electron chi connectivity index (χ2n) is 39.5. The van der Waals surface area contributed by atoms with E-state index in [9.17, 15) is 38.7 Å². The quantitative estimate of drug-likeness (QED) is 0.0166. The molecule has 0 saturated carbocycles. The second-order valence-corrected chi connectivity index (χ2v) is 39.5. The number of rotatable bonds is 59. The van der Waals surface area contributed by atoms with Gasteiger partial charge in [0.2, 0.25) is 88.6 Å². The summed E-state index contributed by atoms with van der Waals surface area (Å²) in [6, 6.07) is -13.0. The number of aromatic amines is 1. The van der Waals surface area contributed by atoms with Crippen molar-refractivity contribution in [3.05, 3.63) is 36.0 Å². The summed E-state index contributed by atoms with van der Waals surface area (Å²) in [5.74, 6) is -15.5. The summed E-state index contributed by atoms with van der Waals surface area (Å²) in [5.41, 5.74) is 47.2. The van der Waals surface area contributed by atoms with Gasteiger partial charge in [-0.05, 0) is 203 Å². The van der Waals surface area contributed by atoms with E-state index in [0.29, 0.717) is 44.9 Å². The van der Waals surface area contributed by atoms with E-state index in [1.807, 2.05) is 24.3 Å². The molecule has 55 heteroatoms. The van der Waals surface area contributed by atoms with Gasteiger partial charge in [-0.1, -0.05) is 52.3 Å². The Morgan fingerprint density at radius 2 is 0.627 bits per heavy atom. The number of fused-ring (bicyclic) bond motifs is 1. The molecule has 15 amide bonds. The highest BCUT2D eigenvalue weighted by molar-refractivity contribution is 6.02. The third-order valence-corrected chi connectivity index (χ3v) is 27.8. The summed E-state index contributed by atoms with van der Waals surface area (Å²) in [6.45, 7) is 7.95. The van der Waals surface area contributed by atoms with E-state index in [2.05, 4.69) is 90.1 Å². The number of para-hydroxylation sites is 1. The number of carboxylic acid groups (broad SMARTS) is 1. The van der Waals surface area contributed by atoms with Crippen LogP contribution < -0.4 is 131 Å². The number of likely N-dealkylation sites (tertiary alicyclic amines) is 6. The summed E-state index contributed by atoms with van der Waals surface area (Å²) in [4.78, 5) is 247. The Labute approximate surface area is 871 Å². The molecule has 1 aromatic heterocycles. The van der Waals surface area contributed by atoms with Crippen molar-refractivity contribution in [2.24, 2.45) is 57.7 Å². The molecule has 0 radical (unpaired) electrons. The average molecular weight is 2110 g/mol. The van der Waals surface area contributed by atoms with Gasteiger partial charge >= 0.3 is 5.97 Å². The van der Waals surface area contributed by atoms with E-state index in [4.69, 9.17) is 83.7 Å². The lowest BCUT2D eigenvalue weighted by Gasteiger charge is -2.34. The molecule has 0 spiro atoms. The number of carbonyl (C=O) groups is 16. The summed E-state index contributed by atoms with van der Waals surface area (Å²) in [5, 5.41) is 109. The number of aromatic nitrogens is 1. The molecule has 55 nitrogen and oxygen atoms in total. The largest absolute Gasteiger partial charge is 0.480 e. The maximum atomic E-state index is 15.4. The summed E-state index contributed by atoms with van der Waals surface area (Å²) >= 11 is 0. The molecule has 8 rings (SSSR count). The number of benzene rings is 1. The SMILES string of the molecule is CC[C@H](C)[C@H](NC(=O)[C@H](CCCNC(=N)N)NC(=O)[C@@H](N)Cc1c[nH]c2ccccc12)C(=O)N[C@@H](CCCNC(=N)N)C(=O)N1CCC[C@H]1C(=O)N[C@@H](CCCNC(=N)N)C(=O)N1CCC[C@H]1C(=O)N1CCC[C@H]1C(=O)N[C@@H](CCCNC(=N)N)C(=O)N[C@@H](CC(C)C)C(=O)N1CCC[C@H]1C(=O)N[C@@H](CCCNC(=N)N)C(=O)N1CCC[C@H]1C(=O)N[C@@H](CCCNC(=N)N)C(=O)N1CCC[C@H]1C(=O)N[C@@H](CCCNC(=N)N)C(=O)O. The van der Waals surface area contributed by atoms with Crippen LogP contribution in [0.3, 0.4) is 0 Å². The molecule has 832 valence electrons. The van der Waals surface area contributed by atoms with Gasteiger partial charge in [0.25, 0.3) is 0 Å². The first kappa shape index (κ1) is 120. The number of aliphatic carboxylic acids is 1. The van der Waals surface area contributed by atoms with Gasteiger partial charge in [0.1, 0.15) is 90.6 Å². The highest BCUT2D eigenvalue weighted by atomic mass is 16.4. The van der Waals surface area contributed by atoms with Crippen LogP contribution in [-0.2, 0) is 83.1 Å². The second kappa shape index (κ2) is 60.0. The zero-order valence-corrected chi connectivity index (χ0v) is 86.3. The summed E-state index contributed by atoms with van der Waals surface area (Å²) in [6.07, 6.45) is 5.45. The van der Waals surface area contributed by atoms with Crippen molar-refractivity contribution in [1.82, 2.24) is 119 Å². The first-order valence-corrected chi connectivity index (χ1v) is 52.0. The number of H-pyrrole nitrogens is 1. The van der Waals surface area contributed by atoms with E-state index in [1.165, 1.54) is 29.4 Å². The van der Waals surface area contributed by atoms with E-state index < -0.39 is 197 Å². The van der Waals surface area contributed by atoms with Crippen molar-refractivity contribution < 1.29 is 81.8 Å². The fourth-order valence-electron chi connectivity index (χ4n) is 20.0. The molecule has 6 aliphatic heterocycles. The minimum Gasteiger partial charge on any atom is -0.480 e. The van der Waals surface area contributed by atoms with Crippen LogP contribution in [0.1, 0.15) is 213 Å². The fourth-order valence-corrected chi connectivity index (χ4v) is 20.0. The maximum absolute atomic E-state index is 15.4. The third kappa shape index (κ3) is 36.6. The average Bonchev–Trinajstić information content (AvgIpc) is 1.63. The molecule has 1 aromatic carbocycles. The number of nitrogens with zero attached hydrogens (tertiary/aromatic N) is 6. The van der Waals surface area contributed by atoms with Gasteiger partial charge < -0.3 is 170 Å². The fraction of sp³-hybridized carbons (Fsp3) is 0.674. The van der Waals surface area contributed by atoms with Crippen LogP contribution in [0.2, 0.25) is 0 Å². The predicted molar refractivity (Wildman–Crippen MR) is 556 cm³/mol. The number of carbonyl (C=O) groups excluding carboxylic acids is 15. The number of nitrogens with two attached hydrogens (primary N) is 8. The molecule has 41 N–H and O–H groups in total. The van der Waals surface area contributed by atoms with Crippen LogP contribution in [0.4, 0.5) is 0 Å². The van der Waals surface area contributed by atoms with Crippen LogP contribution in [0.15, 0.2) is 30.5 Å². The highest BCUT2D eigenvalue weighted by Gasteiger charge is 2.49. The maximum Gasteiger partial charge on any atom is 0.326 e. The van der Waals surface area contributed by atoms with Crippen molar-refractivity contribution in [3.8, 4) is 0 Å². The van der Waals surface area contributed by atoms with Crippen molar-refractivity contribution in [2.75, 3.05) is 85.1 Å². The molecule has 2 aromatic rings. The number of hydrogen-bond acceptors (Lipinski definition) is 24. The summed E-state index contributed by atoms with van der Waals surface area (Å²) in [7, 11) is 0. The van der Waals surface area contributed by atoms with Gasteiger partial charge in [-0.2, -0.15) is 0 Å². The number of hydrogen-bond donors (Lipinski definition) is 33. The molecule has 0 bridgehead atoms.